The summed E-state index contributed by atoms with van der Waals surface area (Å²) in [5, 5.41) is 17.5. The smallest absolute Gasteiger partial charge is 0.504 e. The number of nitrogens with zero attached hydrogens (tertiary/aromatic N) is 2. The quantitative estimate of drug-likeness (QED) is 0.282. The van der Waals surface area contributed by atoms with Crippen LogP contribution in [0.25, 0.3) is 11.1 Å². The average Bonchev–Trinajstić information content (AvgIpc) is 3.46. The van der Waals surface area contributed by atoms with E-state index >= 15 is 0 Å². The molecule has 1 heterocycles. The molecule has 1 amide bonds. The van der Waals surface area contributed by atoms with Crippen molar-refractivity contribution in [3.63, 3.8) is 0 Å². The second-order valence-corrected chi connectivity index (χ2v) is 11.6. The Morgan fingerprint density at radius 2 is 1.80 bits per heavy atom. The molecule has 41 heavy (non-hydrogen) atoms. The van der Waals surface area contributed by atoms with Gasteiger partial charge in [-0.15, -0.1) is 13.2 Å². The summed E-state index contributed by atoms with van der Waals surface area (Å²) < 4.78 is 45.4. The summed E-state index contributed by atoms with van der Waals surface area (Å²) in [6.07, 6.45) is 6.55. The molecule has 0 spiro atoms. The SMILES string of the molecule is COc1ccc(C2CCC(Cc3c(NC(=O)C4CCCCC4)ccc(O)c3-c3cnn(C(F)(F)F)c3)CC2)cc1C. The molecule has 1 aromatic heterocycles. The number of aryl methyl sites for hydroxylation is 1. The molecule has 6 nitrogen and oxygen atoms in total. The van der Waals surface area contributed by atoms with E-state index in [4.69, 9.17) is 4.74 Å². The maximum Gasteiger partial charge on any atom is 0.504 e. The van der Waals surface area contributed by atoms with Crippen LogP contribution in [-0.2, 0) is 17.5 Å². The number of aromatic hydroxyl groups is 1. The van der Waals surface area contributed by atoms with Gasteiger partial charge >= 0.3 is 6.30 Å². The maximum absolute atomic E-state index is 13.4. The molecule has 2 aliphatic carbocycles. The number of ether oxygens (including phenoxy) is 1. The molecule has 2 fully saturated rings. The fourth-order valence-corrected chi connectivity index (χ4v) is 6.62. The molecule has 2 aromatic carbocycles. The zero-order chi connectivity index (χ0) is 29.1. The largest absolute Gasteiger partial charge is 0.507 e. The van der Waals surface area contributed by atoms with Crippen LogP contribution in [0, 0.1) is 18.8 Å². The van der Waals surface area contributed by atoms with E-state index in [0.717, 1.165) is 81.5 Å². The van der Waals surface area contributed by atoms with E-state index < -0.39 is 6.30 Å². The van der Waals surface area contributed by atoms with Crippen molar-refractivity contribution >= 4 is 11.6 Å². The van der Waals surface area contributed by atoms with Crippen LogP contribution in [-0.4, -0.2) is 27.9 Å². The van der Waals surface area contributed by atoms with Crippen LogP contribution >= 0.6 is 0 Å². The third-order valence-corrected chi connectivity index (χ3v) is 8.89. The number of phenols is 1. The maximum atomic E-state index is 13.4. The summed E-state index contributed by atoms with van der Waals surface area (Å²) in [5.74, 6) is 1.29. The van der Waals surface area contributed by atoms with Gasteiger partial charge in [0.1, 0.15) is 11.5 Å². The lowest BCUT2D eigenvalue weighted by Gasteiger charge is -2.30. The topological polar surface area (TPSA) is 76.4 Å². The van der Waals surface area contributed by atoms with Crippen molar-refractivity contribution in [2.24, 2.45) is 11.8 Å². The molecule has 0 unspecified atom stereocenters. The molecule has 2 saturated carbocycles. The van der Waals surface area contributed by atoms with Crippen molar-refractivity contribution in [1.82, 2.24) is 9.78 Å². The number of carbonyl (C=O) groups excluding carboxylic acids is 1. The van der Waals surface area contributed by atoms with Gasteiger partial charge < -0.3 is 15.2 Å². The Morgan fingerprint density at radius 1 is 1.07 bits per heavy atom. The second kappa shape index (κ2) is 12.2. The van der Waals surface area contributed by atoms with Crippen LogP contribution in [0.15, 0.2) is 42.7 Å². The van der Waals surface area contributed by atoms with Crippen molar-refractivity contribution in [3.8, 4) is 22.6 Å². The Kier molecular flexibility index (Phi) is 8.61. The Labute approximate surface area is 238 Å². The van der Waals surface area contributed by atoms with E-state index in [1.807, 2.05) is 13.0 Å². The summed E-state index contributed by atoms with van der Waals surface area (Å²) in [5.41, 5.74) is 4.09. The zero-order valence-corrected chi connectivity index (χ0v) is 23.6. The highest BCUT2D eigenvalue weighted by Crippen LogP contribution is 2.43. The molecule has 0 bridgehead atoms. The standard InChI is InChI=1S/C32H38F3N3O3/c1-20-16-24(12-15-29(20)41-2)22-10-8-21(9-11-22)17-26-27(37-31(40)23-6-4-3-5-7-23)13-14-28(39)30(26)25-18-36-38(19-25)32(33,34)35/h12-16,18-19,21-23,39H,3-11,17H2,1-2H3,(H,37,40). The monoisotopic (exact) mass is 569 g/mol. The number of carbonyl (C=O) groups is 1. The van der Waals surface area contributed by atoms with Crippen LogP contribution in [0.2, 0.25) is 0 Å². The Bertz CT molecular complexity index is 1370. The molecule has 9 heteroatoms. The van der Waals surface area contributed by atoms with Crippen molar-refractivity contribution < 1.29 is 27.8 Å². The molecule has 0 atom stereocenters. The zero-order valence-electron chi connectivity index (χ0n) is 23.6. The number of amides is 1. The molecule has 2 N–H and O–H groups in total. The Morgan fingerprint density at radius 3 is 2.44 bits per heavy atom. The molecule has 3 aromatic rings. The van der Waals surface area contributed by atoms with Crippen molar-refractivity contribution in [3.05, 3.63) is 59.4 Å². The number of aromatic nitrogens is 2. The van der Waals surface area contributed by atoms with Crippen LogP contribution in [0.3, 0.4) is 0 Å². The first-order valence-corrected chi connectivity index (χ1v) is 14.6. The highest BCUT2D eigenvalue weighted by molar-refractivity contribution is 5.95. The number of phenolic OH excluding ortho intramolecular Hbond substituents is 1. The number of alkyl halides is 3. The minimum Gasteiger partial charge on any atom is -0.507 e. The van der Waals surface area contributed by atoms with E-state index in [9.17, 15) is 23.1 Å². The molecule has 0 radical (unpaired) electrons. The summed E-state index contributed by atoms with van der Waals surface area (Å²) in [4.78, 5) is 13.2. The lowest BCUT2D eigenvalue weighted by atomic mass is 9.75. The predicted molar refractivity (Wildman–Crippen MR) is 152 cm³/mol. The normalized spacial score (nSPS) is 20.1. The highest BCUT2D eigenvalue weighted by Gasteiger charge is 2.33. The number of anilines is 1. The summed E-state index contributed by atoms with van der Waals surface area (Å²) in [7, 11) is 1.67. The molecular weight excluding hydrogens is 531 g/mol. The van der Waals surface area contributed by atoms with E-state index in [1.165, 1.54) is 11.6 Å². The first-order chi connectivity index (χ1) is 19.6. The predicted octanol–water partition coefficient (Wildman–Crippen LogP) is 8.08. The third kappa shape index (κ3) is 6.54. The summed E-state index contributed by atoms with van der Waals surface area (Å²) in [6, 6.07) is 9.45. The van der Waals surface area contributed by atoms with Crippen LogP contribution < -0.4 is 10.1 Å². The summed E-state index contributed by atoms with van der Waals surface area (Å²) in [6.45, 7) is 2.04. The molecule has 0 saturated heterocycles. The van der Waals surface area contributed by atoms with Gasteiger partial charge in [-0.3, -0.25) is 4.79 Å². The number of nitrogens with one attached hydrogen (secondary N) is 1. The number of rotatable bonds is 7. The van der Waals surface area contributed by atoms with Gasteiger partial charge in [-0.25, -0.2) is 0 Å². The van der Waals surface area contributed by atoms with Crippen LogP contribution in [0.1, 0.15) is 80.4 Å². The third-order valence-electron chi connectivity index (χ3n) is 8.89. The van der Waals surface area contributed by atoms with Crippen molar-refractivity contribution in [2.45, 2.75) is 83.4 Å². The number of methoxy groups -OCH3 is 1. The van der Waals surface area contributed by atoms with E-state index in [0.29, 0.717) is 29.2 Å². The Hall–Kier alpha value is -3.49. The molecule has 220 valence electrons. The fraction of sp³-hybridized carbons (Fsp3) is 0.500. The minimum atomic E-state index is -4.67. The minimum absolute atomic E-state index is 0.0547. The fourth-order valence-electron chi connectivity index (χ4n) is 6.62. The number of benzene rings is 2. The second-order valence-electron chi connectivity index (χ2n) is 11.6. The molecule has 0 aliphatic heterocycles. The number of halogens is 3. The van der Waals surface area contributed by atoms with Crippen LogP contribution in [0.4, 0.5) is 18.9 Å². The number of hydrogen-bond acceptors (Lipinski definition) is 4. The highest BCUT2D eigenvalue weighted by atomic mass is 19.4. The first-order valence-electron chi connectivity index (χ1n) is 14.6. The molecule has 5 rings (SSSR count). The summed E-state index contributed by atoms with van der Waals surface area (Å²) >= 11 is 0. The molecular formula is C32H38F3N3O3. The van der Waals surface area contributed by atoms with E-state index in [1.54, 1.807) is 13.2 Å². The Balaban J connectivity index is 1.41. The van der Waals surface area contributed by atoms with Gasteiger partial charge in [-0.1, -0.05) is 31.4 Å². The van der Waals surface area contributed by atoms with Gasteiger partial charge in [0.2, 0.25) is 5.91 Å². The van der Waals surface area contributed by atoms with Gasteiger partial charge in [-0.2, -0.15) is 9.78 Å². The van der Waals surface area contributed by atoms with Gasteiger partial charge in [0.15, 0.2) is 0 Å². The van der Waals surface area contributed by atoms with Gasteiger partial charge in [0.05, 0.1) is 13.3 Å². The average molecular weight is 570 g/mol. The van der Waals surface area contributed by atoms with Gasteiger partial charge in [0, 0.05) is 28.9 Å². The number of hydrogen-bond donors (Lipinski definition) is 2. The van der Waals surface area contributed by atoms with E-state index in [-0.39, 0.29) is 33.7 Å². The van der Waals surface area contributed by atoms with E-state index in [2.05, 4.69) is 22.5 Å². The molecule has 2 aliphatic rings. The van der Waals surface area contributed by atoms with Gasteiger partial charge in [-0.05, 0) is 98.6 Å². The van der Waals surface area contributed by atoms with Crippen molar-refractivity contribution in [1.29, 1.82) is 0 Å². The van der Waals surface area contributed by atoms with Gasteiger partial charge in [0.25, 0.3) is 0 Å². The lowest BCUT2D eigenvalue weighted by Crippen LogP contribution is -2.25. The first kappa shape index (κ1) is 29.0. The lowest BCUT2D eigenvalue weighted by molar-refractivity contribution is -0.212. The van der Waals surface area contributed by atoms with Crippen LogP contribution in [0.5, 0.6) is 11.5 Å². The van der Waals surface area contributed by atoms with Crippen molar-refractivity contribution in [2.75, 3.05) is 12.4 Å².